The summed E-state index contributed by atoms with van der Waals surface area (Å²) in [6.45, 7) is 0. The van der Waals surface area contributed by atoms with E-state index < -0.39 is 57.3 Å². The Labute approximate surface area is 186 Å². The van der Waals surface area contributed by atoms with Gasteiger partial charge in [0.15, 0.2) is 46.5 Å². The van der Waals surface area contributed by atoms with E-state index in [9.17, 15) is 35.1 Å². The maximum absolute atomic E-state index is 13.1. The lowest BCUT2D eigenvalue weighted by molar-refractivity contribution is 0.395. The van der Waals surface area contributed by atoms with Crippen molar-refractivity contribution in [3.63, 3.8) is 0 Å². The van der Waals surface area contributed by atoms with Crippen LogP contribution in [0.25, 0.3) is 43.1 Å². The maximum atomic E-state index is 13.1. The van der Waals surface area contributed by atoms with Crippen molar-refractivity contribution in [2.45, 2.75) is 0 Å². The molecule has 0 heterocycles. The number of fused-ring (bicyclic) bond motifs is 1. The van der Waals surface area contributed by atoms with Gasteiger partial charge in [0.1, 0.15) is 0 Å². The van der Waals surface area contributed by atoms with Crippen molar-refractivity contribution in [1.29, 1.82) is 0 Å². The first kappa shape index (κ1) is 21.9. The van der Waals surface area contributed by atoms with E-state index in [2.05, 4.69) is 60.7 Å². The Kier molecular flexibility index (Phi) is 5.04. The SMILES string of the molecule is Fc1c(F)c(F)c2c(F)c(F)c(F)c(F)c2c1F.c1cc2ccc3cccc4ccc(c1)c2c34. The number of hydrogen-bond donors (Lipinski definition) is 0. The minimum absolute atomic E-state index is 1.34. The molecule has 0 aromatic heterocycles. The Morgan fingerprint density at radius 1 is 0.265 bits per heavy atom. The molecule has 6 aromatic carbocycles. The van der Waals surface area contributed by atoms with Gasteiger partial charge in [0.2, 0.25) is 0 Å². The molecule has 0 bridgehead atoms. The smallest absolute Gasteiger partial charge is 0.198 e. The van der Waals surface area contributed by atoms with Crippen molar-refractivity contribution in [2.75, 3.05) is 0 Å². The summed E-state index contributed by atoms with van der Waals surface area (Å²) >= 11 is 0. The first-order valence-corrected chi connectivity index (χ1v) is 9.82. The first-order chi connectivity index (χ1) is 16.2. The molecule has 34 heavy (non-hydrogen) atoms. The zero-order chi connectivity index (χ0) is 24.3. The van der Waals surface area contributed by atoms with Gasteiger partial charge in [0.05, 0.1) is 10.8 Å². The number of halogens is 8. The second-order valence-electron chi connectivity index (χ2n) is 7.55. The summed E-state index contributed by atoms with van der Waals surface area (Å²) in [7, 11) is 0. The summed E-state index contributed by atoms with van der Waals surface area (Å²) in [5.41, 5.74) is 0. The maximum Gasteiger partial charge on any atom is 0.198 e. The topological polar surface area (TPSA) is 0 Å². The quantitative estimate of drug-likeness (QED) is 0.0896. The van der Waals surface area contributed by atoms with E-state index >= 15 is 0 Å². The number of benzene rings is 6. The number of hydrogen-bond acceptors (Lipinski definition) is 0. The van der Waals surface area contributed by atoms with Crippen molar-refractivity contribution in [2.24, 2.45) is 0 Å². The summed E-state index contributed by atoms with van der Waals surface area (Å²) in [4.78, 5) is 0. The molecule has 6 rings (SSSR count). The van der Waals surface area contributed by atoms with Crippen LogP contribution in [0.15, 0.2) is 60.7 Å². The lowest BCUT2D eigenvalue weighted by atomic mass is 9.95. The van der Waals surface area contributed by atoms with Gasteiger partial charge in [-0.25, -0.2) is 35.1 Å². The average molecular weight is 474 g/mol. The molecular weight excluding hydrogens is 464 g/mol. The lowest BCUT2D eigenvalue weighted by Crippen LogP contribution is -2.06. The van der Waals surface area contributed by atoms with Crippen LogP contribution >= 0.6 is 0 Å². The van der Waals surface area contributed by atoms with Crippen molar-refractivity contribution in [3.8, 4) is 0 Å². The molecule has 0 saturated heterocycles. The van der Waals surface area contributed by atoms with Crippen LogP contribution in [0.2, 0.25) is 0 Å². The van der Waals surface area contributed by atoms with Crippen LogP contribution in [0.1, 0.15) is 0 Å². The van der Waals surface area contributed by atoms with Gasteiger partial charge in [-0.2, -0.15) is 0 Å². The predicted molar refractivity (Wildman–Crippen MR) is 114 cm³/mol. The van der Waals surface area contributed by atoms with Crippen LogP contribution < -0.4 is 0 Å². The molecule has 0 aliphatic carbocycles. The minimum Gasteiger partial charge on any atom is -0.203 e. The highest BCUT2D eigenvalue weighted by molar-refractivity contribution is 6.22. The van der Waals surface area contributed by atoms with Crippen molar-refractivity contribution in [3.05, 3.63) is 107 Å². The molecule has 0 fully saturated rings. The standard InChI is InChI=1S/C16H10.C10F8/c1-3-11-7-9-13-5-2-6-14-10-8-12(4-1)15(11)16(13)14;11-3-1-2(5(13)9(17)7(3)15)6(14)10(18)8(16)4(1)12/h1-10H;. The summed E-state index contributed by atoms with van der Waals surface area (Å²) in [6, 6.07) is 21.9. The summed E-state index contributed by atoms with van der Waals surface area (Å²) < 4.78 is 104. The predicted octanol–water partition coefficient (Wildman–Crippen LogP) is 8.54. The highest BCUT2D eigenvalue weighted by Crippen LogP contribution is 2.35. The third-order valence-electron chi connectivity index (χ3n) is 5.68. The van der Waals surface area contributed by atoms with Crippen LogP contribution in [-0.2, 0) is 0 Å². The second-order valence-corrected chi connectivity index (χ2v) is 7.55. The summed E-state index contributed by atoms with van der Waals surface area (Å²) in [5, 5.41) is 4.48. The lowest BCUT2D eigenvalue weighted by Gasteiger charge is -2.09. The molecule has 0 radical (unpaired) electrons. The Hall–Kier alpha value is -3.94. The Morgan fingerprint density at radius 3 is 0.735 bits per heavy atom. The van der Waals surface area contributed by atoms with Crippen molar-refractivity contribution in [1.82, 2.24) is 0 Å². The fraction of sp³-hybridized carbons (Fsp3) is 0. The van der Waals surface area contributed by atoms with Crippen LogP contribution in [0.4, 0.5) is 35.1 Å². The first-order valence-electron chi connectivity index (χ1n) is 9.82. The van der Waals surface area contributed by atoms with Crippen LogP contribution in [0.3, 0.4) is 0 Å². The minimum atomic E-state index is -2.45. The molecule has 0 aliphatic rings. The molecule has 0 unspecified atom stereocenters. The van der Waals surface area contributed by atoms with E-state index in [1.807, 2.05) is 0 Å². The molecule has 0 spiro atoms. The Bertz CT molecular complexity index is 1500. The van der Waals surface area contributed by atoms with Gasteiger partial charge in [-0.05, 0) is 32.3 Å². The van der Waals surface area contributed by atoms with Crippen LogP contribution in [-0.4, -0.2) is 0 Å². The van der Waals surface area contributed by atoms with Gasteiger partial charge in [0.25, 0.3) is 0 Å². The van der Waals surface area contributed by atoms with Crippen molar-refractivity contribution >= 4 is 43.1 Å². The van der Waals surface area contributed by atoms with Crippen LogP contribution in [0, 0.1) is 46.5 Å². The highest BCUT2D eigenvalue weighted by Gasteiger charge is 2.30. The zero-order valence-electron chi connectivity index (χ0n) is 16.8. The van der Waals surface area contributed by atoms with Gasteiger partial charge in [-0.15, -0.1) is 0 Å². The van der Waals surface area contributed by atoms with E-state index in [0.717, 1.165) is 0 Å². The molecule has 0 nitrogen and oxygen atoms in total. The van der Waals surface area contributed by atoms with E-state index in [0.29, 0.717) is 0 Å². The zero-order valence-corrected chi connectivity index (χ0v) is 16.8. The fourth-order valence-electron chi connectivity index (χ4n) is 4.13. The molecule has 8 heteroatoms. The summed E-state index contributed by atoms with van der Waals surface area (Å²) in [5.74, 6) is -19.2. The molecule has 0 atom stereocenters. The highest BCUT2D eigenvalue weighted by atomic mass is 19.2. The second kappa shape index (κ2) is 7.83. The fourth-order valence-corrected chi connectivity index (χ4v) is 4.13. The molecular formula is C26H10F8. The van der Waals surface area contributed by atoms with Gasteiger partial charge >= 0.3 is 0 Å². The van der Waals surface area contributed by atoms with E-state index in [1.54, 1.807) is 0 Å². The van der Waals surface area contributed by atoms with Gasteiger partial charge in [-0.1, -0.05) is 60.7 Å². The van der Waals surface area contributed by atoms with Gasteiger partial charge < -0.3 is 0 Å². The van der Waals surface area contributed by atoms with Gasteiger partial charge in [-0.3, -0.25) is 0 Å². The van der Waals surface area contributed by atoms with Crippen molar-refractivity contribution < 1.29 is 35.1 Å². The molecule has 0 aliphatic heterocycles. The Morgan fingerprint density at radius 2 is 0.500 bits per heavy atom. The monoisotopic (exact) mass is 474 g/mol. The normalized spacial score (nSPS) is 11.5. The van der Waals surface area contributed by atoms with E-state index in [1.165, 1.54) is 32.3 Å². The largest absolute Gasteiger partial charge is 0.203 e. The average Bonchev–Trinajstić information content (AvgIpc) is 2.86. The summed E-state index contributed by atoms with van der Waals surface area (Å²) in [6.07, 6.45) is 0. The molecule has 0 N–H and O–H groups in total. The molecule has 6 aromatic rings. The third-order valence-corrected chi connectivity index (χ3v) is 5.68. The molecule has 170 valence electrons. The molecule has 0 saturated carbocycles. The van der Waals surface area contributed by atoms with E-state index in [-0.39, 0.29) is 0 Å². The van der Waals surface area contributed by atoms with Crippen LogP contribution in [0.5, 0.6) is 0 Å². The van der Waals surface area contributed by atoms with E-state index in [4.69, 9.17) is 0 Å². The number of rotatable bonds is 0. The Balaban J connectivity index is 0.000000142. The third kappa shape index (κ3) is 3.05. The molecule has 0 amide bonds. The van der Waals surface area contributed by atoms with Gasteiger partial charge in [0, 0.05) is 0 Å².